The fraction of sp³-hybridized carbons (Fsp3) is 0.600. The quantitative estimate of drug-likeness (QED) is 0.749. The Hall–Kier alpha value is -0.430. The SMILES string of the molecule is CCNCCS(=O)(=O)N(C)Cc1cccs1. The number of nitrogens with one attached hydrogen (secondary N) is 1. The number of thiophene rings is 1. The number of rotatable bonds is 7. The molecule has 0 aromatic carbocycles. The van der Waals surface area contributed by atoms with Gasteiger partial charge in [-0.2, -0.15) is 4.31 Å². The van der Waals surface area contributed by atoms with Crippen molar-refractivity contribution < 1.29 is 8.42 Å². The van der Waals surface area contributed by atoms with E-state index in [4.69, 9.17) is 0 Å². The van der Waals surface area contributed by atoms with Crippen molar-refractivity contribution in [2.24, 2.45) is 0 Å². The topological polar surface area (TPSA) is 49.4 Å². The van der Waals surface area contributed by atoms with E-state index in [1.54, 1.807) is 18.4 Å². The van der Waals surface area contributed by atoms with E-state index in [2.05, 4.69) is 5.32 Å². The molecule has 16 heavy (non-hydrogen) atoms. The van der Waals surface area contributed by atoms with Crippen LogP contribution in [0.5, 0.6) is 0 Å². The van der Waals surface area contributed by atoms with Crippen LogP contribution in [0.2, 0.25) is 0 Å². The Morgan fingerprint density at radius 2 is 2.25 bits per heavy atom. The van der Waals surface area contributed by atoms with Crippen LogP contribution in [0.1, 0.15) is 11.8 Å². The first-order valence-corrected chi connectivity index (χ1v) is 7.72. The van der Waals surface area contributed by atoms with E-state index < -0.39 is 10.0 Å². The van der Waals surface area contributed by atoms with E-state index in [0.29, 0.717) is 13.1 Å². The zero-order valence-electron chi connectivity index (χ0n) is 9.64. The molecule has 0 spiro atoms. The second-order valence-corrected chi connectivity index (χ2v) is 6.73. The molecule has 0 saturated carbocycles. The second-order valence-electron chi connectivity index (χ2n) is 3.50. The zero-order valence-corrected chi connectivity index (χ0v) is 11.3. The van der Waals surface area contributed by atoms with Crippen LogP contribution in [0, 0.1) is 0 Å². The van der Waals surface area contributed by atoms with Crippen LogP contribution < -0.4 is 5.32 Å². The van der Waals surface area contributed by atoms with Crippen molar-refractivity contribution >= 4 is 21.4 Å². The highest BCUT2D eigenvalue weighted by Gasteiger charge is 2.17. The van der Waals surface area contributed by atoms with Gasteiger partial charge in [0.1, 0.15) is 0 Å². The summed E-state index contributed by atoms with van der Waals surface area (Å²) in [7, 11) is -1.51. The van der Waals surface area contributed by atoms with Crippen LogP contribution in [-0.4, -0.2) is 38.6 Å². The molecule has 6 heteroatoms. The second kappa shape index (κ2) is 6.34. The molecular formula is C10H18N2O2S2. The van der Waals surface area contributed by atoms with E-state index in [9.17, 15) is 8.42 Å². The highest BCUT2D eigenvalue weighted by molar-refractivity contribution is 7.89. The Kier molecular flexibility index (Phi) is 5.40. The standard InChI is InChI=1S/C10H18N2O2S2/c1-3-11-6-8-16(13,14)12(2)9-10-5-4-7-15-10/h4-5,7,11H,3,6,8-9H2,1-2H3. The molecule has 0 radical (unpaired) electrons. The molecule has 1 aromatic rings. The van der Waals surface area contributed by atoms with E-state index in [1.165, 1.54) is 4.31 Å². The Morgan fingerprint density at radius 1 is 1.50 bits per heavy atom. The molecule has 0 fully saturated rings. The van der Waals surface area contributed by atoms with Gasteiger partial charge in [0.25, 0.3) is 0 Å². The summed E-state index contributed by atoms with van der Waals surface area (Å²) in [6, 6.07) is 3.88. The molecule has 92 valence electrons. The lowest BCUT2D eigenvalue weighted by atomic mass is 10.5. The van der Waals surface area contributed by atoms with Crippen molar-refractivity contribution in [3.63, 3.8) is 0 Å². The molecule has 0 amide bonds. The van der Waals surface area contributed by atoms with Crippen molar-refractivity contribution in [2.75, 3.05) is 25.9 Å². The van der Waals surface area contributed by atoms with E-state index in [1.807, 2.05) is 24.4 Å². The van der Waals surface area contributed by atoms with E-state index in [-0.39, 0.29) is 5.75 Å². The summed E-state index contributed by atoms with van der Waals surface area (Å²) in [5.41, 5.74) is 0. The number of sulfonamides is 1. The first kappa shape index (κ1) is 13.6. The van der Waals surface area contributed by atoms with Crippen LogP contribution >= 0.6 is 11.3 Å². The number of hydrogen-bond acceptors (Lipinski definition) is 4. The van der Waals surface area contributed by atoms with Gasteiger partial charge < -0.3 is 5.32 Å². The highest BCUT2D eigenvalue weighted by Crippen LogP contribution is 2.12. The van der Waals surface area contributed by atoms with Gasteiger partial charge >= 0.3 is 0 Å². The summed E-state index contributed by atoms with van der Waals surface area (Å²) < 4.78 is 25.1. The van der Waals surface area contributed by atoms with Crippen molar-refractivity contribution in [1.82, 2.24) is 9.62 Å². The molecule has 1 heterocycles. The van der Waals surface area contributed by atoms with Crippen molar-refractivity contribution in [2.45, 2.75) is 13.5 Å². The normalized spacial score (nSPS) is 12.2. The molecule has 1 N–H and O–H groups in total. The first-order valence-electron chi connectivity index (χ1n) is 5.23. The average Bonchev–Trinajstić information content (AvgIpc) is 2.70. The average molecular weight is 262 g/mol. The van der Waals surface area contributed by atoms with E-state index >= 15 is 0 Å². The molecular weight excluding hydrogens is 244 g/mol. The van der Waals surface area contributed by atoms with Crippen molar-refractivity contribution in [3.05, 3.63) is 22.4 Å². The van der Waals surface area contributed by atoms with E-state index in [0.717, 1.165) is 11.4 Å². The van der Waals surface area contributed by atoms with Gasteiger partial charge in [0.2, 0.25) is 10.0 Å². The maximum absolute atomic E-state index is 11.8. The summed E-state index contributed by atoms with van der Waals surface area (Å²) >= 11 is 1.57. The minimum absolute atomic E-state index is 0.155. The van der Waals surface area contributed by atoms with Gasteiger partial charge in [-0.15, -0.1) is 11.3 Å². The predicted octanol–water partition coefficient (Wildman–Crippen LogP) is 1.12. The largest absolute Gasteiger partial charge is 0.316 e. The van der Waals surface area contributed by atoms with Gasteiger partial charge in [0, 0.05) is 25.0 Å². The summed E-state index contributed by atoms with van der Waals surface area (Å²) in [6.45, 7) is 3.73. The lowest BCUT2D eigenvalue weighted by Crippen LogP contribution is -2.33. The zero-order chi connectivity index (χ0) is 12.0. The fourth-order valence-corrected chi connectivity index (χ4v) is 3.14. The third-order valence-corrected chi connectivity index (χ3v) is 4.88. The minimum atomic E-state index is -3.13. The summed E-state index contributed by atoms with van der Waals surface area (Å²) in [6.07, 6.45) is 0. The van der Waals surface area contributed by atoms with Crippen LogP contribution in [0.15, 0.2) is 17.5 Å². The maximum atomic E-state index is 11.8. The Balaban J connectivity index is 2.48. The van der Waals surface area contributed by atoms with Crippen molar-refractivity contribution in [1.29, 1.82) is 0 Å². The van der Waals surface area contributed by atoms with Crippen LogP contribution in [0.3, 0.4) is 0 Å². The van der Waals surface area contributed by atoms with Crippen LogP contribution in [0.4, 0.5) is 0 Å². The van der Waals surface area contributed by atoms with Crippen LogP contribution in [-0.2, 0) is 16.6 Å². The van der Waals surface area contributed by atoms with Gasteiger partial charge in [-0.1, -0.05) is 13.0 Å². The third kappa shape index (κ3) is 4.21. The smallest absolute Gasteiger partial charge is 0.215 e. The van der Waals surface area contributed by atoms with Gasteiger partial charge in [0.15, 0.2) is 0 Å². The first-order chi connectivity index (χ1) is 7.56. The van der Waals surface area contributed by atoms with Gasteiger partial charge in [-0.3, -0.25) is 0 Å². The third-order valence-electron chi connectivity index (χ3n) is 2.22. The Bertz CT molecular complexity index is 387. The summed E-state index contributed by atoms with van der Waals surface area (Å²) in [5.74, 6) is 0.155. The fourth-order valence-electron chi connectivity index (χ4n) is 1.25. The Morgan fingerprint density at radius 3 is 2.81 bits per heavy atom. The molecule has 4 nitrogen and oxygen atoms in total. The minimum Gasteiger partial charge on any atom is -0.316 e. The number of hydrogen-bond donors (Lipinski definition) is 1. The predicted molar refractivity (Wildman–Crippen MR) is 68.1 cm³/mol. The van der Waals surface area contributed by atoms with Gasteiger partial charge in [-0.25, -0.2) is 8.42 Å². The molecule has 0 unspecified atom stereocenters. The Labute approximate surface area is 101 Å². The lowest BCUT2D eigenvalue weighted by molar-refractivity contribution is 0.468. The monoisotopic (exact) mass is 262 g/mol. The van der Waals surface area contributed by atoms with Crippen molar-refractivity contribution in [3.8, 4) is 0 Å². The summed E-state index contributed by atoms with van der Waals surface area (Å²) in [4.78, 5) is 1.06. The van der Waals surface area contributed by atoms with Crippen LogP contribution in [0.25, 0.3) is 0 Å². The molecule has 0 bridgehead atoms. The van der Waals surface area contributed by atoms with Gasteiger partial charge in [-0.05, 0) is 18.0 Å². The molecule has 0 aliphatic heterocycles. The maximum Gasteiger partial charge on any atom is 0.215 e. The molecule has 1 rings (SSSR count). The lowest BCUT2D eigenvalue weighted by Gasteiger charge is -2.16. The number of nitrogens with zero attached hydrogens (tertiary/aromatic N) is 1. The molecule has 0 aliphatic carbocycles. The molecule has 0 aliphatic rings. The highest BCUT2D eigenvalue weighted by atomic mass is 32.2. The molecule has 1 aromatic heterocycles. The molecule has 0 saturated heterocycles. The van der Waals surface area contributed by atoms with Gasteiger partial charge in [0.05, 0.1) is 5.75 Å². The molecule has 0 atom stereocenters. The summed E-state index contributed by atoms with van der Waals surface area (Å²) in [5, 5.41) is 4.97.